The van der Waals surface area contributed by atoms with E-state index in [4.69, 9.17) is 4.42 Å². The summed E-state index contributed by atoms with van der Waals surface area (Å²) in [5.74, 6) is -0.0104. The van der Waals surface area contributed by atoms with E-state index < -0.39 is 53.7 Å². The zero-order valence-corrected chi connectivity index (χ0v) is 21.4. The number of carbonyl (C=O) groups is 2. The van der Waals surface area contributed by atoms with Crippen molar-refractivity contribution in [1.82, 2.24) is 14.4 Å². The standard InChI is InChI=1S/C26H28F6N4O3/c1-4-17(2)36(24(38)33-20-12-18(25(27,28)29)11-19(13-20)26(30,31)32)16-23(37)35(15-22-8-6-10-39-22)14-21-7-5-9-34(21)3/h5-13,17H,4,14-16H2,1-3H3,(H,33,38). The normalized spacial score (nSPS) is 12.7. The number of rotatable bonds is 9. The molecule has 2 heterocycles. The van der Waals surface area contributed by atoms with Crippen LogP contribution < -0.4 is 5.32 Å². The number of anilines is 1. The molecule has 0 fully saturated rings. The molecule has 0 spiro atoms. The van der Waals surface area contributed by atoms with Gasteiger partial charge >= 0.3 is 18.4 Å². The Kier molecular flexibility index (Phi) is 9.03. The Bertz CT molecular complexity index is 1240. The number of halogens is 6. The van der Waals surface area contributed by atoms with Crippen molar-refractivity contribution in [3.8, 4) is 0 Å². The Hall–Kier alpha value is -3.90. The van der Waals surface area contributed by atoms with Gasteiger partial charge in [-0.05, 0) is 55.8 Å². The molecule has 0 aliphatic heterocycles. The SMILES string of the molecule is CCC(C)N(CC(=O)N(Cc1ccco1)Cc1cccn1C)C(=O)Nc1cc(C(F)(F)F)cc(C(F)(F)F)c1. The van der Waals surface area contributed by atoms with Gasteiger partial charge in [0.25, 0.3) is 0 Å². The Morgan fingerprint density at radius 1 is 1.00 bits per heavy atom. The Balaban J connectivity index is 1.87. The van der Waals surface area contributed by atoms with Crippen molar-refractivity contribution in [2.24, 2.45) is 7.05 Å². The molecule has 0 bridgehead atoms. The largest absolute Gasteiger partial charge is 0.467 e. The van der Waals surface area contributed by atoms with Crippen LogP contribution >= 0.6 is 0 Å². The van der Waals surface area contributed by atoms with Crippen LogP contribution in [-0.2, 0) is 37.3 Å². The number of amides is 3. The summed E-state index contributed by atoms with van der Waals surface area (Å²) in [4.78, 5) is 29.1. The smallest absolute Gasteiger partial charge is 0.416 e. The number of hydrogen-bond acceptors (Lipinski definition) is 3. The lowest BCUT2D eigenvalue weighted by molar-refractivity contribution is -0.143. The highest BCUT2D eigenvalue weighted by Gasteiger charge is 2.37. The van der Waals surface area contributed by atoms with Gasteiger partial charge in [0.1, 0.15) is 12.3 Å². The first-order valence-electron chi connectivity index (χ1n) is 12.0. The molecular weight excluding hydrogens is 530 g/mol. The number of nitrogens with zero attached hydrogens (tertiary/aromatic N) is 3. The van der Waals surface area contributed by atoms with Gasteiger partial charge in [-0.2, -0.15) is 26.3 Å². The van der Waals surface area contributed by atoms with E-state index in [-0.39, 0.29) is 19.2 Å². The quantitative estimate of drug-likeness (QED) is 0.304. The molecule has 13 heteroatoms. The van der Waals surface area contributed by atoms with Gasteiger partial charge in [-0.15, -0.1) is 0 Å². The lowest BCUT2D eigenvalue weighted by Gasteiger charge is -2.31. The first kappa shape index (κ1) is 29.7. The fourth-order valence-corrected chi connectivity index (χ4v) is 3.80. The second-order valence-electron chi connectivity index (χ2n) is 9.05. The molecule has 1 unspecified atom stereocenters. The van der Waals surface area contributed by atoms with Crippen LogP contribution in [0.15, 0.2) is 59.3 Å². The average molecular weight is 559 g/mol. The molecule has 0 saturated heterocycles. The third-order valence-corrected chi connectivity index (χ3v) is 6.21. The second kappa shape index (κ2) is 11.9. The Morgan fingerprint density at radius 2 is 1.64 bits per heavy atom. The first-order chi connectivity index (χ1) is 18.2. The third kappa shape index (κ3) is 7.80. The van der Waals surface area contributed by atoms with Crippen LogP contribution in [0.3, 0.4) is 0 Å². The van der Waals surface area contributed by atoms with Crippen LogP contribution in [-0.4, -0.2) is 38.9 Å². The minimum absolute atomic E-state index is 0.0261. The number of benzene rings is 1. The van der Waals surface area contributed by atoms with E-state index in [0.29, 0.717) is 24.3 Å². The van der Waals surface area contributed by atoms with E-state index in [1.54, 1.807) is 45.3 Å². The van der Waals surface area contributed by atoms with Crippen LogP contribution in [0, 0.1) is 0 Å². The minimum Gasteiger partial charge on any atom is -0.467 e. The summed E-state index contributed by atoms with van der Waals surface area (Å²) in [6, 6.07) is 6.18. The van der Waals surface area contributed by atoms with Gasteiger partial charge in [-0.3, -0.25) is 4.79 Å². The number of hydrogen-bond donors (Lipinski definition) is 1. The zero-order valence-electron chi connectivity index (χ0n) is 21.4. The summed E-state index contributed by atoms with van der Waals surface area (Å²) in [5.41, 5.74) is -3.03. The highest BCUT2D eigenvalue weighted by Crippen LogP contribution is 2.37. The van der Waals surface area contributed by atoms with Crippen molar-refractivity contribution < 1.29 is 40.3 Å². The van der Waals surface area contributed by atoms with Crippen LogP contribution in [0.1, 0.15) is 42.8 Å². The number of nitrogens with one attached hydrogen (secondary N) is 1. The van der Waals surface area contributed by atoms with Gasteiger partial charge in [0.15, 0.2) is 0 Å². The number of aromatic nitrogens is 1. The maximum absolute atomic E-state index is 13.4. The fraction of sp³-hybridized carbons (Fsp3) is 0.385. The summed E-state index contributed by atoms with van der Waals surface area (Å²) < 4.78 is 86.8. The maximum atomic E-state index is 13.4. The number of aryl methyl sites for hydroxylation is 1. The van der Waals surface area contributed by atoms with Crippen molar-refractivity contribution in [3.63, 3.8) is 0 Å². The van der Waals surface area contributed by atoms with Gasteiger partial charge in [0.05, 0.1) is 30.5 Å². The maximum Gasteiger partial charge on any atom is 0.416 e. The van der Waals surface area contributed by atoms with Crippen LogP contribution in [0.25, 0.3) is 0 Å². The molecule has 2 aromatic heterocycles. The van der Waals surface area contributed by atoms with E-state index in [1.165, 1.54) is 11.2 Å². The van der Waals surface area contributed by atoms with Gasteiger partial charge < -0.3 is 24.1 Å². The summed E-state index contributed by atoms with van der Waals surface area (Å²) in [6.45, 7) is 3.12. The zero-order chi connectivity index (χ0) is 29.0. The molecule has 0 aliphatic carbocycles. The molecule has 1 aromatic carbocycles. The molecule has 1 atom stereocenters. The van der Waals surface area contributed by atoms with Crippen LogP contribution in [0.2, 0.25) is 0 Å². The van der Waals surface area contributed by atoms with Gasteiger partial charge in [-0.1, -0.05) is 6.92 Å². The third-order valence-electron chi connectivity index (χ3n) is 6.21. The second-order valence-corrected chi connectivity index (χ2v) is 9.05. The lowest BCUT2D eigenvalue weighted by Crippen LogP contribution is -2.48. The van der Waals surface area contributed by atoms with E-state index in [0.717, 1.165) is 10.6 Å². The highest BCUT2D eigenvalue weighted by atomic mass is 19.4. The van der Waals surface area contributed by atoms with E-state index in [9.17, 15) is 35.9 Å². The monoisotopic (exact) mass is 558 g/mol. The van der Waals surface area contributed by atoms with Gasteiger partial charge in [0.2, 0.25) is 5.91 Å². The topological polar surface area (TPSA) is 70.7 Å². The number of urea groups is 1. The molecule has 0 aliphatic rings. The van der Waals surface area contributed by atoms with E-state index in [2.05, 4.69) is 5.32 Å². The lowest BCUT2D eigenvalue weighted by atomic mass is 10.1. The predicted molar refractivity (Wildman–Crippen MR) is 130 cm³/mol. The Morgan fingerprint density at radius 3 is 2.13 bits per heavy atom. The number of furan rings is 1. The van der Waals surface area contributed by atoms with Crippen molar-refractivity contribution >= 4 is 17.6 Å². The number of carbonyl (C=O) groups excluding carboxylic acids is 2. The molecule has 7 nitrogen and oxygen atoms in total. The molecule has 212 valence electrons. The van der Waals surface area contributed by atoms with Crippen molar-refractivity contribution in [2.75, 3.05) is 11.9 Å². The molecule has 3 aromatic rings. The molecule has 1 N–H and O–H groups in total. The van der Waals surface area contributed by atoms with E-state index in [1.807, 2.05) is 10.6 Å². The van der Waals surface area contributed by atoms with Crippen molar-refractivity contribution in [1.29, 1.82) is 0 Å². The molecule has 39 heavy (non-hydrogen) atoms. The summed E-state index contributed by atoms with van der Waals surface area (Å²) in [5, 5.41) is 2.12. The Labute approximate surface area is 221 Å². The van der Waals surface area contributed by atoms with E-state index >= 15 is 0 Å². The molecule has 3 rings (SSSR count). The minimum atomic E-state index is -5.07. The van der Waals surface area contributed by atoms with Crippen molar-refractivity contribution in [2.45, 2.75) is 51.8 Å². The van der Waals surface area contributed by atoms with Crippen LogP contribution in [0.4, 0.5) is 36.8 Å². The molecule has 3 amide bonds. The fourth-order valence-electron chi connectivity index (χ4n) is 3.80. The summed E-state index contributed by atoms with van der Waals surface area (Å²) in [7, 11) is 1.80. The summed E-state index contributed by atoms with van der Waals surface area (Å²) >= 11 is 0. The van der Waals surface area contributed by atoms with Crippen LogP contribution in [0.5, 0.6) is 0 Å². The summed E-state index contributed by atoms with van der Waals surface area (Å²) in [6.07, 6.45) is -6.53. The predicted octanol–water partition coefficient (Wildman–Crippen LogP) is 6.52. The molecular formula is C26H28F6N4O3. The van der Waals surface area contributed by atoms with Crippen molar-refractivity contribution in [3.05, 3.63) is 77.5 Å². The van der Waals surface area contributed by atoms with Gasteiger partial charge in [0, 0.05) is 30.7 Å². The van der Waals surface area contributed by atoms with Gasteiger partial charge in [-0.25, -0.2) is 4.79 Å². The molecule has 0 radical (unpaired) electrons. The average Bonchev–Trinajstić information content (AvgIpc) is 3.51. The molecule has 0 saturated carbocycles. The first-order valence-corrected chi connectivity index (χ1v) is 12.0. The number of alkyl halides is 6. The highest BCUT2D eigenvalue weighted by molar-refractivity contribution is 5.92.